The topological polar surface area (TPSA) is 114 Å². The summed E-state index contributed by atoms with van der Waals surface area (Å²) in [6.45, 7) is 3.56. The highest BCUT2D eigenvalue weighted by Crippen LogP contribution is 2.40. The number of nitrogens with two attached hydrogens (primary N) is 1. The standard InChI is InChI=1S/C13H19N5O4/c1-13(2)21-8-6(3-19)20-12(9(8)22-13)18-5-17-7-10(14)15-4-16-11(7)18/h4-9,11-12,19H,3H2,1-2H3,(H2,14,15,16)/t6?,7?,8-,9-,11?,12?/m1/s1. The molecule has 6 atom stereocenters. The molecule has 2 fully saturated rings. The van der Waals surface area contributed by atoms with Crippen molar-refractivity contribution >= 4 is 18.5 Å². The van der Waals surface area contributed by atoms with Gasteiger partial charge in [-0.3, -0.25) is 4.99 Å². The summed E-state index contributed by atoms with van der Waals surface area (Å²) in [7, 11) is 0. The summed E-state index contributed by atoms with van der Waals surface area (Å²) in [5.74, 6) is -0.284. The van der Waals surface area contributed by atoms with Gasteiger partial charge in [-0.25, -0.2) is 9.98 Å². The highest BCUT2D eigenvalue weighted by molar-refractivity contribution is 5.96. The van der Waals surface area contributed by atoms with Crippen LogP contribution in [0.4, 0.5) is 0 Å². The van der Waals surface area contributed by atoms with Gasteiger partial charge in [-0.15, -0.1) is 0 Å². The Kier molecular flexibility index (Phi) is 3.02. The number of hydrogen-bond donors (Lipinski definition) is 2. The van der Waals surface area contributed by atoms with Crippen molar-refractivity contribution in [2.24, 2.45) is 20.7 Å². The molecule has 4 unspecified atom stereocenters. The maximum Gasteiger partial charge on any atom is 0.164 e. The fourth-order valence-electron chi connectivity index (χ4n) is 3.35. The van der Waals surface area contributed by atoms with E-state index in [1.807, 2.05) is 18.7 Å². The summed E-state index contributed by atoms with van der Waals surface area (Å²) in [5.41, 5.74) is 5.87. The molecule has 0 radical (unpaired) electrons. The SMILES string of the molecule is CC1(C)O[C@@H]2C(CO)OC(N3C=NC4C(N)=NC=NC43)[C@@H]2O1. The van der Waals surface area contributed by atoms with Gasteiger partial charge in [0.2, 0.25) is 0 Å². The Morgan fingerprint density at radius 3 is 2.86 bits per heavy atom. The van der Waals surface area contributed by atoms with Crippen LogP contribution in [-0.4, -0.2) is 77.7 Å². The van der Waals surface area contributed by atoms with Crippen molar-refractivity contribution in [1.29, 1.82) is 0 Å². The van der Waals surface area contributed by atoms with Crippen molar-refractivity contribution in [3.63, 3.8) is 0 Å². The predicted octanol–water partition coefficient (Wildman–Crippen LogP) is -1.34. The lowest BCUT2D eigenvalue weighted by atomic mass is 10.1. The number of fused-ring (bicyclic) bond motifs is 2. The van der Waals surface area contributed by atoms with E-state index in [-0.39, 0.29) is 31.0 Å². The summed E-state index contributed by atoms with van der Waals surface area (Å²) in [5, 5.41) is 9.54. The number of aliphatic imine (C=N–C) groups is 3. The molecule has 4 heterocycles. The van der Waals surface area contributed by atoms with Crippen LogP contribution < -0.4 is 5.73 Å². The van der Waals surface area contributed by atoms with Gasteiger partial charge < -0.3 is 30.0 Å². The van der Waals surface area contributed by atoms with Gasteiger partial charge in [0.15, 0.2) is 18.2 Å². The van der Waals surface area contributed by atoms with Crippen LogP contribution in [0.5, 0.6) is 0 Å². The minimum absolute atomic E-state index is 0.136. The van der Waals surface area contributed by atoms with Gasteiger partial charge in [0, 0.05) is 0 Å². The van der Waals surface area contributed by atoms with Crippen LogP contribution in [0.2, 0.25) is 0 Å². The zero-order chi connectivity index (χ0) is 15.5. The van der Waals surface area contributed by atoms with E-state index >= 15 is 0 Å². The van der Waals surface area contributed by atoms with Crippen LogP contribution in [0.15, 0.2) is 15.0 Å². The Bertz CT molecular complexity index is 563. The molecule has 2 saturated heterocycles. The van der Waals surface area contributed by atoms with Gasteiger partial charge in [0.25, 0.3) is 0 Å². The second-order valence-electron chi connectivity index (χ2n) is 6.20. The van der Waals surface area contributed by atoms with E-state index in [4.69, 9.17) is 19.9 Å². The number of hydrogen-bond acceptors (Lipinski definition) is 9. The maximum atomic E-state index is 9.54. The van der Waals surface area contributed by atoms with E-state index in [1.165, 1.54) is 6.34 Å². The van der Waals surface area contributed by atoms with Gasteiger partial charge in [-0.2, -0.15) is 0 Å². The molecule has 120 valence electrons. The third-order valence-corrected chi connectivity index (χ3v) is 4.28. The zero-order valence-electron chi connectivity index (χ0n) is 12.4. The molecule has 0 spiro atoms. The largest absolute Gasteiger partial charge is 0.394 e. The Hall–Kier alpha value is -1.55. The van der Waals surface area contributed by atoms with Gasteiger partial charge in [0.05, 0.1) is 12.9 Å². The minimum atomic E-state index is -0.711. The van der Waals surface area contributed by atoms with Crippen LogP contribution in [0.3, 0.4) is 0 Å². The Morgan fingerprint density at radius 2 is 2.09 bits per heavy atom. The molecule has 9 heteroatoms. The van der Waals surface area contributed by atoms with Crippen LogP contribution >= 0.6 is 0 Å². The van der Waals surface area contributed by atoms with E-state index in [0.717, 1.165) is 0 Å². The van der Waals surface area contributed by atoms with Crippen molar-refractivity contribution in [1.82, 2.24) is 4.90 Å². The summed E-state index contributed by atoms with van der Waals surface area (Å²) >= 11 is 0. The minimum Gasteiger partial charge on any atom is -0.394 e. The van der Waals surface area contributed by atoms with Crippen molar-refractivity contribution in [2.45, 2.75) is 56.4 Å². The van der Waals surface area contributed by atoms with Crippen LogP contribution in [0.1, 0.15) is 13.8 Å². The smallest absolute Gasteiger partial charge is 0.164 e. The first kappa shape index (κ1) is 14.1. The third-order valence-electron chi connectivity index (χ3n) is 4.28. The average molecular weight is 309 g/mol. The van der Waals surface area contributed by atoms with E-state index in [0.29, 0.717) is 5.84 Å². The van der Waals surface area contributed by atoms with Gasteiger partial charge in [-0.1, -0.05) is 0 Å². The summed E-state index contributed by atoms with van der Waals surface area (Å²) in [4.78, 5) is 14.5. The first-order valence-electron chi connectivity index (χ1n) is 7.28. The molecule has 4 aliphatic rings. The number of amidine groups is 1. The van der Waals surface area contributed by atoms with Crippen molar-refractivity contribution in [3.8, 4) is 0 Å². The number of ether oxygens (including phenoxy) is 3. The zero-order valence-corrected chi connectivity index (χ0v) is 12.4. The number of rotatable bonds is 2. The van der Waals surface area contributed by atoms with Crippen molar-refractivity contribution < 1.29 is 19.3 Å². The van der Waals surface area contributed by atoms with Crippen LogP contribution in [0, 0.1) is 0 Å². The molecular weight excluding hydrogens is 290 g/mol. The molecule has 0 saturated carbocycles. The summed E-state index contributed by atoms with van der Waals surface area (Å²) in [6.07, 6.45) is 1.27. The van der Waals surface area contributed by atoms with E-state index in [9.17, 15) is 5.11 Å². The van der Waals surface area contributed by atoms with Crippen LogP contribution in [-0.2, 0) is 14.2 Å². The third kappa shape index (κ3) is 1.97. The Labute approximate surface area is 127 Å². The highest BCUT2D eigenvalue weighted by atomic mass is 16.8. The van der Waals surface area contributed by atoms with E-state index < -0.39 is 18.1 Å². The van der Waals surface area contributed by atoms with Crippen molar-refractivity contribution in [3.05, 3.63) is 0 Å². The maximum absolute atomic E-state index is 9.54. The molecule has 4 aliphatic heterocycles. The lowest BCUT2D eigenvalue weighted by molar-refractivity contribution is -0.204. The van der Waals surface area contributed by atoms with E-state index in [1.54, 1.807) is 6.34 Å². The summed E-state index contributed by atoms with van der Waals surface area (Å²) < 4.78 is 17.7. The molecular formula is C13H19N5O4. The highest BCUT2D eigenvalue weighted by Gasteiger charge is 2.58. The van der Waals surface area contributed by atoms with Crippen molar-refractivity contribution in [2.75, 3.05) is 6.61 Å². The molecule has 0 aliphatic carbocycles. The molecule has 0 amide bonds. The molecule has 3 N–H and O–H groups in total. The molecule has 0 aromatic heterocycles. The van der Waals surface area contributed by atoms with E-state index in [2.05, 4.69) is 15.0 Å². The first-order chi connectivity index (χ1) is 10.5. The number of aliphatic hydroxyl groups excluding tert-OH is 1. The molecule has 0 aromatic carbocycles. The lowest BCUT2D eigenvalue weighted by Crippen LogP contribution is -2.51. The fraction of sp³-hybridized carbons (Fsp3) is 0.769. The van der Waals surface area contributed by atoms with Gasteiger partial charge in [-0.05, 0) is 13.8 Å². The monoisotopic (exact) mass is 309 g/mol. The first-order valence-corrected chi connectivity index (χ1v) is 7.28. The Balaban J connectivity index is 1.60. The second kappa shape index (κ2) is 4.72. The number of nitrogens with zero attached hydrogens (tertiary/aromatic N) is 4. The van der Waals surface area contributed by atoms with Crippen LogP contribution in [0.25, 0.3) is 0 Å². The predicted molar refractivity (Wildman–Crippen MR) is 77.6 cm³/mol. The fourth-order valence-corrected chi connectivity index (χ4v) is 3.35. The molecule has 4 rings (SSSR count). The number of aliphatic hydroxyl groups is 1. The molecule has 0 aromatic rings. The summed E-state index contributed by atoms with van der Waals surface area (Å²) in [6, 6.07) is -0.310. The quantitative estimate of drug-likeness (QED) is 0.652. The normalized spacial score (nSPS) is 45.0. The lowest BCUT2D eigenvalue weighted by Gasteiger charge is -2.33. The Morgan fingerprint density at radius 1 is 1.32 bits per heavy atom. The molecule has 9 nitrogen and oxygen atoms in total. The second-order valence-corrected chi connectivity index (χ2v) is 6.20. The molecule has 0 bridgehead atoms. The van der Waals surface area contributed by atoms with Gasteiger partial charge >= 0.3 is 0 Å². The van der Waals surface area contributed by atoms with Gasteiger partial charge in [0.1, 0.15) is 36.5 Å². The average Bonchev–Trinajstić information content (AvgIpc) is 3.10. The molecule has 22 heavy (non-hydrogen) atoms.